The Labute approximate surface area is 182 Å². The molecule has 0 saturated carbocycles. The van der Waals surface area contributed by atoms with E-state index in [4.69, 9.17) is 9.26 Å². The molecule has 0 saturated heterocycles. The first kappa shape index (κ1) is 20.6. The number of hydrogen-bond donors (Lipinski definition) is 1. The number of amides is 1. The summed E-state index contributed by atoms with van der Waals surface area (Å²) in [5.41, 5.74) is 3.42. The quantitative estimate of drug-likeness (QED) is 0.436. The monoisotopic (exact) mass is 436 g/mol. The molecule has 2 aromatic carbocycles. The lowest BCUT2D eigenvalue weighted by molar-refractivity contribution is 0.102. The van der Waals surface area contributed by atoms with Gasteiger partial charge in [0.1, 0.15) is 18.1 Å². The molecule has 31 heavy (non-hydrogen) atoms. The fourth-order valence-corrected chi connectivity index (χ4v) is 3.45. The van der Waals surface area contributed by atoms with Crippen LogP contribution < -0.4 is 10.1 Å². The van der Waals surface area contributed by atoms with Crippen LogP contribution in [0.4, 0.5) is 5.69 Å². The Hall–Kier alpha value is -3.66. The lowest BCUT2D eigenvalue weighted by Gasteiger charge is -2.12. The molecule has 4 rings (SSSR count). The van der Waals surface area contributed by atoms with Gasteiger partial charge in [0.05, 0.1) is 22.5 Å². The average molecular weight is 436 g/mol. The number of benzene rings is 2. The maximum Gasteiger partial charge on any atom is 0.259 e. The van der Waals surface area contributed by atoms with E-state index in [1.165, 1.54) is 11.8 Å². The van der Waals surface area contributed by atoms with E-state index in [1.807, 2.05) is 38.3 Å². The zero-order chi connectivity index (χ0) is 21.8. The van der Waals surface area contributed by atoms with Gasteiger partial charge in [-0.15, -0.1) is 5.10 Å². The maximum absolute atomic E-state index is 13.0. The molecule has 4 aromatic rings. The molecular formula is C21H20N6O3S. The van der Waals surface area contributed by atoms with E-state index in [0.29, 0.717) is 27.9 Å². The second kappa shape index (κ2) is 9.00. The van der Waals surface area contributed by atoms with E-state index in [-0.39, 0.29) is 12.5 Å². The Morgan fingerprint density at radius 2 is 2.03 bits per heavy atom. The lowest BCUT2D eigenvalue weighted by Crippen LogP contribution is -2.14. The second-order valence-corrected chi connectivity index (χ2v) is 7.44. The molecule has 2 heterocycles. The summed E-state index contributed by atoms with van der Waals surface area (Å²) in [4.78, 5) is 13.0. The Balaban J connectivity index is 1.53. The average Bonchev–Trinajstić information content (AvgIpc) is 3.39. The van der Waals surface area contributed by atoms with E-state index in [0.717, 1.165) is 16.9 Å². The van der Waals surface area contributed by atoms with Crippen LogP contribution in [0, 0.1) is 13.8 Å². The van der Waals surface area contributed by atoms with Crippen LogP contribution in [0.2, 0.25) is 0 Å². The number of anilines is 1. The van der Waals surface area contributed by atoms with Gasteiger partial charge in [0.15, 0.2) is 0 Å². The topological polar surface area (TPSA) is 108 Å². The number of nitrogens with zero attached hydrogens (tertiary/aromatic N) is 5. The first-order valence-electron chi connectivity index (χ1n) is 9.44. The third-order valence-corrected chi connectivity index (χ3v) is 5.28. The zero-order valence-corrected chi connectivity index (χ0v) is 18.0. The first-order chi connectivity index (χ1) is 15.1. The molecule has 0 atom stereocenters. The van der Waals surface area contributed by atoms with Gasteiger partial charge in [0.25, 0.3) is 5.91 Å². The van der Waals surface area contributed by atoms with Crippen LogP contribution in [0.5, 0.6) is 5.75 Å². The summed E-state index contributed by atoms with van der Waals surface area (Å²) >= 11 is 1.43. The van der Waals surface area contributed by atoms with Gasteiger partial charge in [-0.05, 0) is 60.9 Å². The largest absolute Gasteiger partial charge is 0.488 e. The number of para-hydroxylation sites is 1. The number of carbonyl (C=O) groups excluding carboxylic acids is 1. The molecular weight excluding hydrogens is 416 g/mol. The SMILES string of the molecule is CSc1nnnn1-c1cccc(NC(=O)c2ccccc2OCc2c(C)noc2C)c1. The molecule has 0 spiro atoms. The van der Waals surface area contributed by atoms with Crippen molar-refractivity contribution in [2.75, 3.05) is 11.6 Å². The molecule has 0 aliphatic heterocycles. The molecule has 0 radical (unpaired) electrons. The summed E-state index contributed by atoms with van der Waals surface area (Å²) in [6.07, 6.45) is 1.90. The Bertz CT molecular complexity index is 1200. The molecule has 10 heteroatoms. The highest BCUT2D eigenvalue weighted by molar-refractivity contribution is 7.98. The fourth-order valence-electron chi connectivity index (χ4n) is 3.02. The number of nitrogens with one attached hydrogen (secondary N) is 1. The number of rotatable bonds is 7. The predicted octanol–water partition coefficient (Wildman–Crippen LogP) is 3.82. The molecule has 0 fully saturated rings. The summed E-state index contributed by atoms with van der Waals surface area (Å²) in [6, 6.07) is 14.4. The molecule has 2 aromatic heterocycles. The number of carbonyl (C=O) groups is 1. The van der Waals surface area contributed by atoms with Gasteiger partial charge < -0.3 is 14.6 Å². The van der Waals surface area contributed by atoms with E-state index in [9.17, 15) is 4.79 Å². The summed E-state index contributed by atoms with van der Waals surface area (Å²) in [5, 5.41) is 19.2. The van der Waals surface area contributed by atoms with Crippen molar-refractivity contribution in [3.05, 3.63) is 71.1 Å². The van der Waals surface area contributed by atoms with E-state index < -0.39 is 0 Å². The Morgan fingerprint density at radius 3 is 2.81 bits per heavy atom. The highest BCUT2D eigenvalue weighted by atomic mass is 32.2. The zero-order valence-electron chi connectivity index (χ0n) is 17.2. The van der Waals surface area contributed by atoms with Crippen LogP contribution in [0.15, 0.2) is 58.2 Å². The smallest absolute Gasteiger partial charge is 0.259 e. The van der Waals surface area contributed by atoms with Gasteiger partial charge in [0.2, 0.25) is 5.16 Å². The number of ether oxygens (including phenoxy) is 1. The Morgan fingerprint density at radius 1 is 1.19 bits per heavy atom. The van der Waals surface area contributed by atoms with Gasteiger partial charge in [0, 0.05) is 5.69 Å². The maximum atomic E-state index is 13.0. The van der Waals surface area contributed by atoms with Gasteiger partial charge in [-0.3, -0.25) is 4.79 Å². The van der Waals surface area contributed by atoms with Crippen molar-refractivity contribution in [2.45, 2.75) is 25.6 Å². The summed E-state index contributed by atoms with van der Waals surface area (Å²) < 4.78 is 12.7. The third-order valence-electron chi connectivity index (χ3n) is 4.66. The number of aryl methyl sites for hydroxylation is 2. The number of tetrazole rings is 1. The molecule has 9 nitrogen and oxygen atoms in total. The second-order valence-electron chi connectivity index (χ2n) is 6.67. The Kier molecular flexibility index (Phi) is 5.99. The summed E-state index contributed by atoms with van der Waals surface area (Å²) in [6.45, 7) is 3.95. The van der Waals surface area contributed by atoms with Crippen molar-refractivity contribution < 1.29 is 14.1 Å². The first-order valence-corrected chi connectivity index (χ1v) is 10.7. The molecule has 0 aliphatic rings. The minimum absolute atomic E-state index is 0.262. The highest BCUT2D eigenvalue weighted by Crippen LogP contribution is 2.24. The van der Waals surface area contributed by atoms with Crippen molar-refractivity contribution >= 4 is 23.4 Å². The van der Waals surface area contributed by atoms with Crippen molar-refractivity contribution in [3.63, 3.8) is 0 Å². The van der Waals surface area contributed by atoms with Crippen LogP contribution >= 0.6 is 11.8 Å². The molecule has 1 amide bonds. The van der Waals surface area contributed by atoms with Crippen molar-refractivity contribution in [2.24, 2.45) is 0 Å². The van der Waals surface area contributed by atoms with Gasteiger partial charge in [-0.2, -0.15) is 4.68 Å². The minimum Gasteiger partial charge on any atom is -0.488 e. The standard InChI is InChI=1S/C21H20N6O3S/c1-13-18(14(2)30-24-13)12-29-19-10-5-4-9-17(19)20(28)22-15-7-6-8-16(11-15)27-21(31-3)23-25-26-27/h4-11H,12H2,1-3H3,(H,22,28). The molecule has 1 N–H and O–H groups in total. The van der Waals surface area contributed by atoms with Gasteiger partial charge >= 0.3 is 0 Å². The van der Waals surface area contributed by atoms with Crippen molar-refractivity contribution in [3.8, 4) is 11.4 Å². The molecule has 0 bridgehead atoms. The number of thioether (sulfide) groups is 1. The van der Waals surface area contributed by atoms with Crippen LogP contribution in [0.1, 0.15) is 27.4 Å². The van der Waals surface area contributed by atoms with Crippen molar-refractivity contribution in [1.29, 1.82) is 0 Å². The van der Waals surface area contributed by atoms with E-state index in [2.05, 4.69) is 26.0 Å². The van der Waals surface area contributed by atoms with Crippen LogP contribution in [0.3, 0.4) is 0 Å². The van der Waals surface area contributed by atoms with Gasteiger partial charge in [-0.25, -0.2) is 0 Å². The lowest BCUT2D eigenvalue weighted by atomic mass is 10.1. The van der Waals surface area contributed by atoms with E-state index >= 15 is 0 Å². The normalized spacial score (nSPS) is 10.8. The summed E-state index contributed by atoms with van der Waals surface area (Å²) in [7, 11) is 0. The van der Waals surface area contributed by atoms with Gasteiger partial charge in [-0.1, -0.05) is 35.1 Å². The molecule has 0 aliphatic carbocycles. The third kappa shape index (κ3) is 4.43. The summed E-state index contributed by atoms with van der Waals surface area (Å²) in [5.74, 6) is 0.887. The highest BCUT2D eigenvalue weighted by Gasteiger charge is 2.16. The van der Waals surface area contributed by atoms with Crippen LogP contribution in [-0.4, -0.2) is 37.5 Å². The van der Waals surface area contributed by atoms with E-state index in [1.54, 1.807) is 35.0 Å². The number of aromatic nitrogens is 5. The predicted molar refractivity (Wildman–Crippen MR) is 116 cm³/mol. The van der Waals surface area contributed by atoms with Crippen LogP contribution in [-0.2, 0) is 6.61 Å². The molecule has 158 valence electrons. The van der Waals surface area contributed by atoms with Crippen LogP contribution in [0.25, 0.3) is 5.69 Å². The van der Waals surface area contributed by atoms with Crippen molar-refractivity contribution in [1.82, 2.24) is 25.4 Å². The number of hydrogen-bond acceptors (Lipinski definition) is 8. The minimum atomic E-state index is -0.284. The fraction of sp³-hybridized carbons (Fsp3) is 0.190. The molecule has 0 unspecified atom stereocenters.